The van der Waals surface area contributed by atoms with Gasteiger partial charge in [-0.2, -0.15) is 0 Å². The molecule has 0 radical (unpaired) electrons. The molecule has 0 saturated carbocycles. The van der Waals surface area contributed by atoms with Crippen LogP contribution in [0.2, 0.25) is 0 Å². The summed E-state index contributed by atoms with van der Waals surface area (Å²) < 4.78 is 13.0. The number of benzene rings is 1. The van der Waals surface area contributed by atoms with E-state index in [9.17, 15) is 9.18 Å². The predicted molar refractivity (Wildman–Crippen MR) is 49.6 cm³/mol. The number of rotatable bonds is 2. The van der Waals surface area contributed by atoms with Crippen LogP contribution in [0.3, 0.4) is 0 Å². The summed E-state index contributed by atoms with van der Waals surface area (Å²) in [7, 11) is 0. The Balaban J connectivity index is 3.27. The summed E-state index contributed by atoms with van der Waals surface area (Å²) in [6.45, 7) is 5.46. The predicted octanol–water partition coefficient (Wildman–Crippen LogP) is 1.96. The van der Waals surface area contributed by atoms with Crippen LogP contribution in [0.25, 0.3) is 5.57 Å². The van der Waals surface area contributed by atoms with Crippen molar-refractivity contribution in [1.82, 2.24) is 0 Å². The maximum Gasteiger partial charge on any atom is 0.251 e. The van der Waals surface area contributed by atoms with Gasteiger partial charge >= 0.3 is 0 Å². The first-order valence-corrected chi connectivity index (χ1v) is 3.77. The van der Waals surface area contributed by atoms with E-state index in [0.29, 0.717) is 0 Å². The van der Waals surface area contributed by atoms with E-state index in [-0.39, 0.29) is 5.56 Å². The van der Waals surface area contributed by atoms with E-state index in [1.807, 2.05) is 0 Å². The van der Waals surface area contributed by atoms with Crippen molar-refractivity contribution in [1.29, 1.82) is 0 Å². The third-order valence-corrected chi connectivity index (χ3v) is 1.72. The molecule has 0 aliphatic carbocycles. The summed E-state index contributed by atoms with van der Waals surface area (Å²) in [5, 5.41) is 0. The Bertz CT molecular complexity index is 371. The minimum absolute atomic E-state index is 0.0968. The van der Waals surface area contributed by atoms with Gasteiger partial charge in [0.2, 0.25) is 0 Å². The quantitative estimate of drug-likeness (QED) is 0.740. The fraction of sp³-hybridized carbons (Fsp3) is 0.100. The molecule has 0 aliphatic heterocycles. The second-order valence-electron chi connectivity index (χ2n) is 2.84. The maximum atomic E-state index is 13.0. The molecule has 2 nitrogen and oxygen atoms in total. The molecule has 0 saturated heterocycles. The van der Waals surface area contributed by atoms with E-state index in [0.717, 1.165) is 11.1 Å². The first kappa shape index (κ1) is 9.45. The molecule has 1 aromatic rings. The van der Waals surface area contributed by atoms with Crippen LogP contribution in [0.4, 0.5) is 4.39 Å². The van der Waals surface area contributed by atoms with Gasteiger partial charge in [0, 0.05) is 0 Å². The van der Waals surface area contributed by atoms with Crippen molar-refractivity contribution in [3.05, 3.63) is 41.7 Å². The van der Waals surface area contributed by atoms with E-state index in [1.165, 1.54) is 12.1 Å². The smallest absolute Gasteiger partial charge is 0.251 e. The van der Waals surface area contributed by atoms with Gasteiger partial charge in [-0.3, -0.25) is 4.79 Å². The van der Waals surface area contributed by atoms with E-state index < -0.39 is 11.7 Å². The standard InChI is InChI=1S/C10H10FNO/c1-6(2)7-3-4-9(11)8(5-7)10(12)13/h3-5H,1H2,2H3,(H2,12,13). The summed E-state index contributed by atoms with van der Waals surface area (Å²) in [6, 6.07) is 4.17. The number of hydrogen-bond donors (Lipinski definition) is 1. The Kier molecular flexibility index (Phi) is 2.46. The third kappa shape index (κ3) is 1.93. The molecule has 0 aromatic heterocycles. The molecule has 2 N–H and O–H groups in total. The van der Waals surface area contributed by atoms with Crippen LogP contribution in [0.1, 0.15) is 22.8 Å². The number of carbonyl (C=O) groups excluding carboxylic acids is 1. The first-order chi connectivity index (χ1) is 6.02. The van der Waals surface area contributed by atoms with Crippen LogP contribution in [0, 0.1) is 5.82 Å². The van der Waals surface area contributed by atoms with Crippen molar-refractivity contribution in [2.45, 2.75) is 6.92 Å². The minimum atomic E-state index is -0.763. The summed E-state index contributed by atoms with van der Waals surface area (Å²) in [5.41, 5.74) is 6.36. The Hall–Kier alpha value is -1.64. The molecule has 0 bridgehead atoms. The molecule has 0 aliphatic rings. The molecule has 1 rings (SSSR count). The molecule has 0 spiro atoms. The third-order valence-electron chi connectivity index (χ3n) is 1.72. The lowest BCUT2D eigenvalue weighted by Gasteiger charge is -2.02. The van der Waals surface area contributed by atoms with Crippen LogP contribution in [0.5, 0.6) is 0 Å². The zero-order valence-electron chi connectivity index (χ0n) is 7.30. The highest BCUT2D eigenvalue weighted by Gasteiger charge is 2.08. The van der Waals surface area contributed by atoms with Crippen molar-refractivity contribution in [2.24, 2.45) is 5.73 Å². The number of halogens is 1. The van der Waals surface area contributed by atoms with Crippen molar-refractivity contribution in [3.63, 3.8) is 0 Å². The highest BCUT2D eigenvalue weighted by atomic mass is 19.1. The largest absolute Gasteiger partial charge is 0.366 e. The van der Waals surface area contributed by atoms with Gasteiger partial charge in [-0.15, -0.1) is 0 Å². The number of carbonyl (C=O) groups is 1. The average molecular weight is 179 g/mol. The molecule has 68 valence electrons. The number of primary amides is 1. The van der Waals surface area contributed by atoms with Gasteiger partial charge in [0.05, 0.1) is 5.56 Å². The van der Waals surface area contributed by atoms with Gasteiger partial charge in [-0.25, -0.2) is 4.39 Å². The fourth-order valence-corrected chi connectivity index (χ4v) is 0.980. The molecule has 1 amide bonds. The second kappa shape index (κ2) is 3.39. The van der Waals surface area contributed by atoms with Gasteiger partial charge in [-0.1, -0.05) is 18.2 Å². The summed E-state index contributed by atoms with van der Waals surface area (Å²) in [6.07, 6.45) is 0. The van der Waals surface area contributed by atoms with E-state index in [2.05, 4.69) is 6.58 Å². The van der Waals surface area contributed by atoms with Gasteiger partial charge in [0.1, 0.15) is 5.82 Å². The highest BCUT2D eigenvalue weighted by molar-refractivity contribution is 5.93. The number of allylic oxidation sites excluding steroid dienone is 1. The van der Waals surface area contributed by atoms with Crippen molar-refractivity contribution in [3.8, 4) is 0 Å². The number of hydrogen-bond acceptors (Lipinski definition) is 1. The molecule has 13 heavy (non-hydrogen) atoms. The van der Waals surface area contributed by atoms with Crippen LogP contribution < -0.4 is 5.73 Å². The summed E-state index contributed by atoms with van der Waals surface area (Å²) in [4.78, 5) is 10.7. The number of amides is 1. The maximum absolute atomic E-state index is 13.0. The van der Waals surface area contributed by atoms with Crippen LogP contribution in [-0.2, 0) is 0 Å². The first-order valence-electron chi connectivity index (χ1n) is 3.77. The van der Waals surface area contributed by atoms with Crippen LogP contribution >= 0.6 is 0 Å². The monoisotopic (exact) mass is 179 g/mol. The van der Waals surface area contributed by atoms with Gasteiger partial charge in [0.25, 0.3) is 5.91 Å². The summed E-state index contributed by atoms with van der Waals surface area (Å²) in [5.74, 6) is -1.36. The van der Waals surface area contributed by atoms with Crippen molar-refractivity contribution < 1.29 is 9.18 Å². The number of nitrogens with two attached hydrogens (primary N) is 1. The molecular formula is C10H10FNO. The molecule has 3 heteroatoms. The highest BCUT2D eigenvalue weighted by Crippen LogP contribution is 2.15. The zero-order chi connectivity index (χ0) is 10.0. The molecular weight excluding hydrogens is 169 g/mol. The Morgan fingerprint density at radius 3 is 2.62 bits per heavy atom. The Morgan fingerprint density at radius 1 is 1.54 bits per heavy atom. The second-order valence-corrected chi connectivity index (χ2v) is 2.84. The SMILES string of the molecule is C=C(C)c1ccc(F)c(C(N)=O)c1. The van der Waals surface area contributed by atoms with Crippen molar-refractivity contribution in [2.75, 3.05) is 0 Å². The van der Waals surface area contributed by atoms with Crippen LogP contribution in [0.15, 0.2) is 24.8 Å². The molecule has 1 aromatic carbocycles. The molecule has 0 fully saturated rings. The Labute approximate surface area is 75.9 Å². The van der Waals surface area contributed by atoms with E-state index in [4.69, 9.17) is 5.73 Å². The minimum Gasteiger partial charge on any atom is -0.366 e. The van der Waals surface area contributed by atoms with E-state index in [1.54, 1.807) is 13.0 Å². The average Bonchev–Trinajstić information content (AvgIpc) is 2.04. The van der Waals surface area contributed by atoms with Crippen LogP contribution in [-0.4, -0.2) is 5.91 Å². The molecule has 0 atom stereocenters. The molecule has 0 unspecified atom stereocenters. The molecule has 0 heterocycles. The lowest BCUT2D eigenvalue weighted by atomic mass is 10.1. The zero-order valence-corrected chi connectivity index (χ0v) is 7.30. The topological polar surface area (TPSA) is 43.1 Å². The van der Waals surface area contributed by atoms with Gasteiger partial charge < -0.3 is 5.73 Å². The summed E-state index contributed by atoms with van der Waals surface area (Å²) >= 11 is 0. The fourth-order valence-electron chi connectivity index (χ4n) is 0.980. The lowest BCUT2D eigenvalue weighted by molar-refractivity contribution is 0.0996. The van der Waals surface area contributed by atoms with Crippen molar-refractivity contribution >= 4 is 11.5 Å². The van der Waals surface area contributed by atoms with Gasteiger partial charge in [0.15, 0.2) is 0 Å². The van der Waals surface area contributed by atoms with E-state index >= 15 is 0 Å². The Morgan fingerprint density at radius 2 is 2.15 bits per heavy atom. The van der Waals surface area contributed by atoms with Gasteiger partial charge in [-0.05, 0) is 24.6 Å². The lowest BCUT2D eigenvalue weighted by Crippen LogP contribution is -2.13. The normalized spacial score (nSPS) is 9.69.